The van der Waals surface area contributed by atoms with Crippen molar-refractivity contribution in [2.75, 3.05) is 13.1 Å². The molecule has 3 heterocycles. The summed E-state index contributed by atoms with van der Waals surface area (Å²) in [4.78, 5) is 34.3. The van der Waals surface area contributed by atoms with Crippen LogP contribution >= 0.6 is 0 Å². The number of hydrogen-bond acceptors (Lipinski definition) is 5. The summed E-state index contributed by atoms with van der Waals surface area (Å²) < 4.78 is 1.90. The number of piperidine rings is 1. The van der Waals surface area contributed by atoms with Gasteiger partial charge < -0.3 is 25.7 Å². The van der Waals surface area contributed by atoms with Crippen molar-refractivity contribution in [3.63, 3.8) is 0 Å². The van der Waals surface area contributed by atoms with Crippen LogP contribution in [0.1, 0.15) is 48.3 Å². The number of carbonyl (C=O) groups excluding carboxylic acids is 1. The van der Waals surface area contributed by atoms with E-state index in [9.17, 15) is 4.79 Å². The molecule has 0 aliphatic carbocycles. The van der Waals surface area contributed by atoms with Crippen molar-refractivity contribution < 1.29 is 24.6 Å². The van der Waals surface area contributed by atoms with Crippen LogP contribution in [0.4, 0.5) is 0 Å². The summed E-state index contributed by atoms with van der Waals surface area (Å²) >= 11 is 0. The first-order valence-corrected chi connectivity index (χ1v) is 10.1. The number of nitrogens with two attached hydrogens (primary N) is 1. The summed E-state index contributed by atoms with van der Waals surface area (Å²) in [6.07, 6.45) is 5.81. The Labute approximate surface area is 185 Å². The number of carboxylic acid groups (broad SMARTS) is 2. The molecule has 1 aliphatic heterocycles. The van der Waals surface area contributed by atoms with Gasteiger partial charge in [0.2, 0.25) is 5.91 Å². The van der Waals surface area contributed by atoms with Crippen molar-refractivity contribution in [1.29, 1.82) is 0 Å². The van der Waals surface area contributed by atoms with E-state index in [1.807, 2.05) is 22.7 Å². The quantitative estimate of drug-likeness (QED) is 0.488. The van der Waals surface area contributed by atoms with Gasteiger partial charge in [0, 0.05) is 31.7 Å². The molecule has 32 heavy (non-hydrogen) atoms. The largest absolute Gasteiger partial charge is 0.481 e. The summed E-state index contributed by atoms with van der Waals surface area (Å²) in [6.45, 7) is 4.10. The highest BCUT2D eigenvalue weighted by molar-refractivity contribution is 5.92. The molecule has 2 aromatic heterocycles. The van der Waals surface area contributed by atoms with Crippen LogP contribution in [0.3, 0.4) is 0 Å². The maximum absolute atomic E-state index is 11.4. The summed E-state index contributed by atoms with van der Waals surface area (Å²) in [5.74, 6) is -2.09. The van der Waals surface area contributed by atoms with Crippen LogP contribution in [0.5, 0.6) is 0 Å². The van der Waals surface area contributed by atoms with Gasteiger partial charge in [-0.3, -0.25) is 14.4 Å². The molecule has 3 aromatic rings. The molecular weight excluding hydrogens is 412 g/mol. The lowest BCUT2D eigenvalue weighted by atomic mass is 9.71. The molecule has 1 saturated heterocycles. The molecule has 4 rings (SSSR count). The van der Waals surface area contributed by atoms with E-state index in [4.69, 9.17) is 30.5 Å². The van der Waals surface area contributed by atoms with Crippen LogP contribution in [0.25, 0.3) is 5.65 Å². The summed E-state index contributed by atoms with van der Waals surface area (Å²) in [5, 5.41) is 18.3. The first-order valence-electron chi connectivity index (χ1n) is 10.1. The lowest BCUT2D eigenvalue weighted by Crippen LogP contribution is -2.41. The average Bonchev–Trinajstić information content (AvgIpc) is 3.18. The molecule has 0 radical (unpaired) electrons. The second-order valence-corrected chi connectivity index (χ2v) is 7.41. The highest BCUT2D eigenvalue weighted by atomic mass is 16.4. The topological polar surface area (TPSA) is 147 Å². The molecule has 0 atom stereocenters. The minimum Gasteiger partial charge on any atom is -0.481 e. The number of fused-ring (bicyclic) bond motifs is 1. The van der Waals surface area contributed by atoms with E-state index >= 15 is 0 Å². The maximum atomic E-state index is 11.4. The Balaban J connectivity index is 0.000000395. The van der Waals surface area contributed by atoms with Crippen molar-refractivity contribution in [3.8, 4) is 0 Å². The van der Waals surface area contributed by atoms with Gasteiger partial charge in [-0.05, 0) is 43.6 Å². The van der Waals surface area contributed by atoms with E-state index in [2.05, 4.69) is 29.6 Å². The first kappa shape index (κ1) is 24.5. The van der Waals surface area contributed by atoms with Crippen LogP contribution in [0.15, 0.2) is 54.9 Å². The van der Waals surface area contributed by atoms with Gasteiger partial charge in [-0.2, -0.15) is 0 Å². The van der Waals surface area contributed by atoms with E-state index in [0.717, 1.165) is 51.1 Å². The van der Waals surface area contributed by atoms with Gasteiger partial charge >= 0.3 is 0 Å². The monoisotopic (exact) mass is 440 g/mol. The van der Waals surface area contributed by atoms with Gasteiger partial charge in [0.25, 0.3) is 11.9 Å². The standard InChI is InChI=1S/C19H20N4O.2C2H4O2/c20-18(24)14-6-7-17-22-16(13-23(17)12-14)19(8-10-21-11-9-19)15-4-2-1-3-5-15;2*1-2(3)4/h1-7,12-13,21H,8-11H2,(H2,20,24);2*1H3,(H,3,4). The number of primary amides is 1. The zero-order chi connectivity index (χ0) is 23.7. The number of aliphatic carboxylic acids is 2. The zero-order valence-corrected chi connectivity index (χ0v) is 18.1. The SMILES string of the molecule is CC(=O)O.CC(=O)O.NC(=O)c1ccc2nc(C3(c4ccccc4)CCNCC3)cn2c1. The molecule has 1 fully saturated rings. The Hall–Kier alpha value is -3.72. The molecule has 1 aromatic carbocycles. The van der Waals surface area contributed by atoms with Crippen molar-refractivity contribution in [1.82, 2.24) is 14.7 Å². The summed E-state index contributed by atoms with van der Waals surface area (Å²) in [7, 11) is 0. The number of benzene rings is 1. The number of nitrogens with one attached hydrogen (secondary N) is 1. The minimum absolute atomic E-state index is 0.0918. The number of amides is 1. The van der Waals surface area contributed by atoms with Crippen molar-refractivity contribution in [3.05, 3.63) is 71.7 Å². The Morgan fingerprint density at radius 3 is 2.06 bits per heavy atom. The number of rotatable bonds is 3. The maximum Gasteiger partial charge on any atom is 0.300 e. The zero-order valence-electron chi connectivity index (χ0n) is 18.1. The molecule has 9 heteroatoms. The minimum atomic E-state index is -0.833. The van der Waals surface area contributed by atoms with Gasteiger partial charge in [-0.15, -0.1) is 0 Å². The molecule has 170 valence electrons. The lowest BCUT2D eigenvalue weighted by Gasteiger charge is -2.37. The fourth-order valence-electron chi connectivity index (χ4n) is 3.67. The first-order chi connectivity index (χ1) is 15.2. The van der Waals surface area contributed by atoms with Crippen LogP contribution < -0.4 is 11.1 Å². The fourth-order valence-corrected chi connectivity index (χ4v) is 3.67. The normalized spacial score (nSPS) is 14.3. The fraction of sp³-hybridized carbons (Fsp3) is 0.304. The number of carbonyl (C=O) groups is 3. The number of aromatic nitrogens is 2. The van der Waals surface area contributed by atoms with Crippen LogP contribution in [-0.4, -0.2) is 50.5 Å². The average molecular weight is 441 g/mol. The Morgan fingerprint density at radius 2 is 1.53 bits per heavy atom. The third kappa shape index (κ3) is 6.39. The van der Waals surface area contributed by atoms with Gasteiger partial charge in [0.05, 0.1) is 11.3 Å². The number of nitrogens with zero attached hydrogens (tertiary/aromatic N) is 2. The van der Waals surface area contributed by atoms with Crippen LogP contribution in [0, 0.1) is 0 Å². The molecule has 1 amide bonds. The third-order valence-electron chi connectivity index (χ3n) is 5.01. The van der Waals surface area contributed by atoms with Gasteiger partial charge in [0.1, 0.15) is 5.65 Å². The number of hydrogen-bond donors (Lipinski definition) is 4. The van der Waals surface area contributed by atoms with Crippen molar-refractivity contribution in [2.45, 2.75) is 32.1 Å². The van der Waals surface area contributed by atoms with Crippen LogP contribution in [0.2, 0.25) is 0 Å². The molecule has 0 spiro atoms. The Morgan fingerprint density at radius 1 is 0.969 bits per heavy atom. The molecule has 9 nitrogen and oxygen atoms in total. The molecular formula is C23H28N4O5. The molecule has 1 aliphatic rings. The molecule has 0 bridgehead atoms. The number of imidazole rings is 1. The summed E-state index contributed by atoms with van der Waals surface area (Å²) in [5.41, 5.74) is 8.98. The number of pyridine rings is 1. The van der Waals surface area contributed by atoms with Crippen LogP contribution in [-0.2, 0) is 15.0 Å². The highest BCUT2D eigenvalue weighted by Gasteiger charge is 2.37. The summed E-state index contributed by atoms with van der Waals surface area (Å²) in [6, 6.07) is 14.2. The molecule has 5 N–H and O–H groups in total. The smallest absolute Gasteiger partial charge is 0.300 e. The van der Waals surface area contributed by atoms with Gasteiger partial charge in [-0.1, -0.05) is 30.3 Å². The van der Waals surface area contributed by atoms with Gasteiger partial charge in [0.15, 0.2) is 0 Å². The predicted molar refractivity (Wildman–Crippen MR) is 120 cm³/mol. The molecule has 0 saturated carbocycles. The van der Waals surface area contributed by atoms with E-state index < -0.39 is 17.8 Å². The second-order valence-electron chi connectivity index (χ2n) is 7.41. The third-order valence-corrected chi connectivity index (χ3v) is 5.01. The second kappa shape index (κ2) is 11.1. The van der Waals surface area contributed by atoms with E-state index in [1.54, 1.807) is 12.3 Å². The predicted octanol–water partition coefficient (Wildman–Crippen LogP) is 2.28. The van der Waals surface area contributed by atoms with Crippen molar-refractivity contribution in [2.24, 2.45) is 5.73 Å². The van der Waals surface area contributed by atoms with E-state index in [0.29, 0.717) is 5.56 Å². The Kier molecular flexibility index (Phi) is 8.48. The van der Waals surface area contributed by atoms with Gasteiger partial charge in [-0.25, -0.2) is 4.98 Å². The lowest BCUT2D eigenvalue weighted by molar-refractivity contribution is -0.135. The van der Waals surface area contributed by atoms with Crippen molar-refractivity contribution >= 4 is 23.5 Å². The number of carboxylic acids is 2. The highest BCUT2D eigenvalue weighted by Crippen LogP contribution is 2.39. The van der Waals surface area contributed by atoms with E-state index in [-0.39, 0.29) is 5.41 Å². The molecule has 0 unspecified atom stereocenters. The van der Waals surface area contributed by atoms with E-state index in [1.165, 1.54) is 5.56 Å². The Bertz CT molecular complexity index is 1050.